The number of carbonyl (C=O) groups is 1. The van der Waals surface area contributed by atoms with E-state index in [2.05, 4.69) is 44.3 Å². The van der Waals surface area contributed by atoms with Crippen molar-refractivity contribution in [1.29, 1.82) is 0 Å². The molecule has 1 N–H and O–H groups in total. The predicted molar refractivity (Wildman–Crippen MR) is 86.8 cm³/mol. The number of aryl methyl sites for hydroxylation is 2. The van der Waals surface area contributed by atoms with E-state index in [1.54, 1.807) is 0 Å². The molecular formula is C16H25ClN2O. The largest absolute Gasteiger partial charge is 0.314 e. The Morgan fingerprint density at radius 3 is 2.35 bits per heavy atom. The van der Waals surface area contributed by atoms with Crippen molar-refractivity contribution in [3.63, 3.8) is 0 Å². The van der Waals surface area contributed by atoms with E-state index >= 15 is 0 Å². The van der Waals surface area contributed by atoms with Crippen LogP contribution in [-0.2, 0) is 4.79 Å². The summed E-state index contributed by atoms with van der Waals surface area (Å²) in [5.41, 5.74) is 3.02. The van der Waals surface area contributed by atoms with Crippen molar-refractivity contribution in [3.8, 4) is 0 Å². The lowest BCUT2D eigenvalue weighted by Crippen LogP contribution is -2.53. The number of nitrogens with zero attached hydrogens (tertiary/aromatic N) is 1. The van der Waals surface area contributed by atoms with Crippen LogP contribution in [0.1, 0.15) is 37.3 Å². The van der Waals surface area contributed by atoms with Gasteiger partial charge >= 0.3 is 0 Å². The second-order valence-electron chi connectivity index (χ2n) is 5.68. The number of hydrogen-bond acceptors (Lipinski definition) is 2. The standard InChI is InChI=1S/C16H24N2O.ClH/c1-5-16(7-6-8-17-16)15(19)18(4)14-10-12(2)9-13(3)11-14;/h9-11,17H,5-8H2,1-4H3;1H. The Balaban J connectivity index is 0.00000200. The molecule has 0 bridgehead atoms. The molecule has 1 aliphatic rings. The number of likely N-dealkylation sites (N-methyl/N-ethyl adjacent to an activating group) is 1. The SMILES string of the molecule is CCC1(C(=O)N(C)c2cc(C)cc(C)c2)CCCN1.Cl. The summed E-state index contributed by atoms with van der Waals surface area (Å²) >= 11 is 0. The van der Waals surface area contributed by atoms with E-state index in [1.807, 2.05) is 11.9 Å². The van der Waals surface area contributed by atoms with Crippen LogP contribution in [0.2, 0.25) is 0 Å². The summed E-state index contributed by atoms with van der Waals surface area (Å²) in [5, 5.41) is 3.41. The third-order valence-corrected chi connectivity index (χ3v) is 4.16. The number of amides is 1. The van der Waals surface area contributed by atoms with Gasteiger partial charge in [0.05, 0.1) is 5.54 Å². The van der Waals surface area contributed by atoms with Crippen molar-refractivity contribution in [2.24, 2.45) is 0 Å². The van der Waals surface area contributed by atoms with Crippen molar-refractivity contribution in [3.05, 3.63) is 29.3 Å². The van der Waals surface area contributed by atoms with Crippen LogP contribution in [0.25, 0.3) is 0 Å². The Morgan fingerprint density at radius 2 is 1.90 bits per heavy atom. The highest BCUT2D eigenvalue weighted by atomic mass is 35.5. The number of anilines is 1. The Kier molecular flexibility index (Phi) is 5.60. The fraction of sp³-hybridized carbons (Fsp3) is 0.562. The number of nitrogens with one attached hydrogen (secondary N) is 1. The molecule has 0 radical (unpaired) electrons. The predicted octanol–water partition coefficient (Wildman–Crippen LogP) is 3.22. The summed E-state index contributed by atoms with van der Waals surface area (Å²) in [7, 11) is 1.88. The molecule has 0 spiro atoms. The molecule has 2 rings (SSSR count). The Labute approximate surface area is 128 Å². The maximum atomic E-state index is 12.8. The summed E-state index contributed by atoms with van der Waals surface area (Å²) in [6.45, 7) is 7.17. The molecule has 1 aliphatic heterocycles. The van der Waals surface area contributed by atoms with Gasteiger partial charge in [0.2, 0.25) is 5.91 Å². The van der Waals surface area contributed by atoms with E-state index < -0.39 is 0 Å². The van der Waals surface area contributed by atoms with Crippen molar-refractivity contribution >= 4 is 24.0 Å². The van der Waals surface area contributed by atoms with Gasteiger partial charge in [0.25, 0.3) is 0 Å². The first-order valence-corrected chi connectivity index (χ1v) is 7.10. The van der Waals surface area contributed by atoms with Crippen LogP contribution < -0.4 is 10.2 Å². The molecule has 1 amide bonds. The number of rotatable bonds is 3. The Bertz CT molecular complexity index is 461. The summed E-state index contributed by atoms with van der Waals surface area (Å²) in [4.78, 5) is 14.6. The van der Waals surface area contributed by atoms with Gasteiger partial charge in [-0.25, -0.2) is 0 Å². The van der Waals surface area contributed by atoms with E-state index in [-0.39, 0.29) is 23.9 Å². The highest BCUT2D eigenvalue weighted by molar-refractivity contribution is 6.00. The van der Waals surface area contributed by atoms with Gasteiger partial charge < -0.3 is 10.2 Å². The van der Waals surface area contributed by atoms with E-state index in [0.29, 0.717) is 0 Å². The van der Waals surface area contributed by atoms with E-state index in [0.717, 1.165) is 31.5 Å². The molecule has 112 valence electrons. The minimum Gasteiger partial charge on any atom is -0.314 e. The third kappa shape index (κ3) is 3.15. The maximum absolute atomic E-state index is 12.8. The zero-order valence-corrected chi connectivity index (χ0v) is 13.6. The summed E-state index contributed by atoms with van der Waals surface area (Å²) in [6, 6.07) is 6.28. The topological polar surface area (TPSA) is 32.3 Å². The van der Waals surface area contributed by atoms with E-state index in [4.69, 9.17) is 0 Å². The molecule has 0 aromatic heterocycles. The van der Waals surface area contributed by atoms with Gasteiger partial charge in [0.1, 0.15) is 0 Å². The summed E-state index contributed by atoms with van der Waals surface area (Å²) in [6.07, 6.45) is 2.87. The molecule has 1 atom stereocenters. The van der Waals surface area contributed by atoms with Crippen LogP contribution in [-0.4, -0.2) is 25.0 Å². The number of benzene rings is 1. The summed E-state index contributed by atoms with van der Waals surface area (Å²) in [5.74, 6) is 0.192. The fourth-order valence-electron chi connectivity index (χ4n) is 3.02. The highest BCUT2D eigenvalue weighted by Gasteiger charge is 2.41. The van der Waals surface area contributed by atoms with Crippen molar-refractivity contribution in [2.45, 2.75) is 45.6 Å². The molecule has 20 heavy (non-hydrogen) atoms. The fourth-order valence-corrected chi connectivity index (χ4v) is 3.02. The van der Waals surface area contributed by atoms with Crippen LogP contribution in [0.4, 0.5) is 5.69 Å². The number of hydrogen-bond donors (Lipinski definition) is 1. The van der Waals surface area contributed by atoms with Crippen LogP contribution >= 0.6 is 12.4 Å². The third-order valence-electron chi connectivity index (χ3n) is 4.16. The molecule has 1 aromatic rings. The minimum absolute atomic E-state index is 0. The quantitative estimate of drug-likeness (QED) is 0.929. The van der Waals surface area contributed by atoms with Gasteiger partial charge in [-0.3, -0.25) is 4.79 Å². The monoisotopic (exact) mass is 296 g/mol. The van der Waals surface area contributed by atoms with Crippen molar-refractivity contribution in [2.75, 3.05) is 18.5 Å². The van der Waals surface area contributed by atoms with Crippen LogP contribution in [0.3, 0.4) is 0 Å². The Hall–Kier alpha value is -1.06. The van der Waals surface area contributed by atoms with Gasteiger partial charge in [0, 0.05) is 12.7 Å². The first-order chi connectivity index (χ1) is 8.98. The molecule has 4 heteroatoms. The molecule has 1 unspecified atom stereocenters. The normalized spacial score (nSPS) is 21.4. The molecule has 3 nitrogen and oxygen atoms in total. The van der Waals surface area contributed by atoms with Gasteiger partial charge in [-0.2, -0.15) is 0 Å². The first kappa shape index (κ1) is 17.0. The Morgan fingerprint density at radius 1 is 1.30 bits per heavy atom. The van der Waals surface area contributed by atoms with E-state index in [9.17, 15) is 4.79 Å². The lowest BCUT2D eigenvalue weighted by molar-refractivity contribution is -0.124. The van der Waals surface area contributed by atoms with Gasteiger partial charge in [-0.15, -0.1) is 12.4 Å². The zero-order valence-electron chi connectivity index (χ0n) is 12.8. The van der Waals surface area contributed by atoms with Gasteiger partial charge in [-0.05, 0) is 62.9 Å². The maximum Gasteiger partial charge on any atom is 0.247 e. The molecule has 1 aromatic carbocycles. The number of carbonyl (C=O) groups excluding carboxylic acids is 1. The summed E-state index contributed by atoms with van der Waals surface area (Å²) < 4.78 is 0. The highest BCUT2D eigenvalue weighted by Crippen LogP contribution is 2.28. The molecule has 0 aliphatic carbocycles. The first-order valence-electron chi connectivity index (χ1n) is 7.10. The van der Waals surface area contributed by atoms with E-state index in [1.165, 1.54) is 11.1 Å². The van der Waals surface area contributed by atoms with Crippen molar-refractivity contribution in [1.82, 2.24) is 5.32 Å². The second-order valence-corrected chi connectivity index (χ2v) is 5.68. The van der Waals surface area contributed by atoms with Gasteiger partial charge in [-0.1, -0.05) is 13.0 Å². The molecule has 1 fully saturated rings. The molecule has 1 saturated heterocycles. The second kappa shape index (κ2) is 6.59. The van der Waals surface area contributed by atoms with Crippen molar-refractivity contribution < 1.29 is 4.79 Å². The lowest BCUT2D eigenvalue weighted by atomic mass is 9.92. The van der Waals surface area contributed by atoms with Crippen LogP contribution in [0.15, 0.2) is 18.2 Å². The smallest absolute Gasteiger partial charge is 0.247 e. The zero-order chi connectivity index (χ0) is 14.0. The lowest BCUT2D eigenvalue weighted by Gasteiger charge is -2.32. The minimum atomic E-state index is -0.355. The van der Waals surface area contributed by atoms with Crippen LogP contribution in [0, 0.1) is 13.8 Å². The average molecular weight is 297 g/mol. The number of halogens is 1. The molecule has 1 heterocycles. The van der Waals surface area contributed by atoms with Gasteiger partial charge in [0.15, 0.2) is 0 Å². The molecular weight excluding hydrogens is 272 g/mol. The van der Waals surface area contributed by atoms with Crippen LogP contribution in [0.5, 0.6) is 0 Å². The molecule has 0 saturated carbocycles. The average Bonchev–Trinajstić information content (AvgIpc) is 2.85.